The fraction of sp³-hybridized carbons (Fsp3) is 0.222. The first-order valence-electron chi connectivity index (χ1n) is 7.79. The second kappa shape index (κ2) is 5.66. The van der Waals surface area contributed by atoms with Crippen molar-refractivity contribution in [2.24, 2.45) is 0 Å². The zero-order valence-electron chi connectivity index (χ0n) is 12.8. The lowest BCUT2D eigenvalue weighted by molar-refractivity contribution is 0.0744. The third-order valence-electron chi connectivity index (χ3n) is 4.20. The zero-order valence-corrected chi connectivity index (χ0v) is 13.6. The number of benzene rings is 1. The summed E-state index contributed by atoms with van der Waals surface area (Å²) in [4.78, 5) is 15.9. The molecule has 0 saturated heterocycles. The summed E-state index contributed by atoms with van der Waals surface area (Å²) in [5, 5.41) is 9.46. The van der Waals surface area contributed by atoms with Crippen LogP contribution < -0.4 is 0 Å². The van der Waals surface area contributed by atoms with E-state index in [4.69, 9.17) is 0 Å². The Morgan fingerprint density at radius 2 is 2.04 bits per heavy atom. The Bertz CT molecular complexity index is 823. The Kier molecular flexibility index (Phi) is 3.50. The number of carbonyl (C=O) groups excluding carboxylic acids is 1. The van der Waals surface area contributed by atoms with Crippen LogP contribution in [0.3, 0.4) is 0 Å². The summed E-state index contributed by atoms with van der Waals surface area (Å²) in [7, 11) is 0. The molecule has 1 atom stereocenters. The Hall–Kier alpha value is -2.40. The van der Waals surface area contributed by atoms with Crippen LogP contribution in [0.25, 0.3) is 10.6 Å². The zero-order chi connectivity index (χ0) is 15.8. The molecule has 0 bridgehead atoms. The smallest absolute Gasteiger partial charge is 0.275 e. The molecule has 1 aliphatic heterocycles. The molecule has 0 aliphatic carbocycles. The number of H-pyrrole nitrogens is 1. The average molecular weight is 323 g/mol. The highest BCUT2D eigenvalue weighted by atomic mass is 32.1. The molecule has 0 spiro atoms. The highest BCUT2D eigenvalue weighted by molar-refractivity contribution is 7.13. The number of aromatic amines is 1. The molecular weight excluding hydrogens is 306 g/mol. The van der Waals surface area contributed by atoms with Crippen LogP contribution >= 0.6 is 11.3 Å². The van der Waals surface area contributed by atoms with E-state index in [1.807, 2.05) is 34.5 Å². The van der Waals surface area contributed by atoms with Crippen LogP contribution in [0.15, 0.2) is 47.8 Å². The SMILES string of the molecule is CCCN1C(=O)c2n[nH]c(-c3cccs3)c2C1c1ccccc1. The summed E-state index contributed by atoms with van der Waals surface area (Å²) in [5.41, 5.74) is 3.68. The Morgan fingerprint density at radius 1 is 1.22 bits per heavy atom. The fourth-order valence-corrected chi connectivity index (χ4v) is 3.99. The van der Waals surface area contributed by atoms with Crippen molar-refractivity contribution >= 4 is 17.2 Å². The molecule has 4 nitrogen and oxygen atoms in total. The van der Waals surface area contributed by atoms with Gasteiger partial charge < -0.3 is 4.90 Å². The first-order chi connectivity index (χ1) is 11.3. The predicted octanol–water partition coefficient (Wildman–Crippen LogP) is 4.09. The number of hydrogen-bond acceptors (Lipinski definition) is 3. The number of nitrogens with zero attached hydrogens (tertiary/aromatic N) is 2. The molecule has 1 N–H and O–H groups in total. The molecular formula is C18H17N3OS. The molecule has 3 heterocycles. The molecule has 1 unspecified atom stereocenters. The van der Waals surface area contributed by atoms with Crippen LogP contribution in [0.2, 0.25) is 0 Å². The molecule has 3 aromatic rings. The standard InChI is InChI=1S/C18H17N3OS/c1-2-10-21-17(12-7-4-3-5-8-12)14-15(13-9-6-11-23-13)19-20-16(14)18(21)22/h3-9,11,17H,2,10H2,1H3,(H,19,20). The summed E-state index contributed by atoms with van der Waals surface area (Å²) in [6.07, 6.45) is 0.928. The van der Waals surface area contributed by atoms with E-state index in [1.54, 1.807) is 11.3 Å². The minimum Gasteiger partial charge on any atom is -0.326 e. The molecule has 5 heteroatoms. The van der Waals surface area contributed by atoms with E-state index in [2.05, 4.69) is 35.3 Å². The average Bonchev–Trinajstić information content (AvgIpc) is 3.28. The van der Waals surface area contributed by atoms with E-state index in [0.29, 0.717) is 5.69 Å². The van der Waals surface area contributed by atoms with Crippen LogP contribution in [-0.2, 0) is 0 Å². The lowest BCUT2D eigenvalue weighted by Crippen LogP contribution is -2.30. The number of thiophene rings is 1. The van der Waals surface area contributed by atoms with Gasteiger partial charge in [0.25, 0.3) is 5.91 Å². The van der Waals surface area contributed by atoms with Crippen molar-refractivity contribution in [3.8, 4) is 10.6 Å². The molecule has 1 aliphatic rings. The van der Waals surface area contributed by atoms with E-state index < -0.39 is 0 Å². The Balaban J connectivity index is 1.90. The van der Waals surface area contributed by atoms with Crippen molar-refractivity contribution in [1.29, 1.82) is 0 Å². The van der Waals surface area contributed by atoms with Crippen molar-refractivity contribution < 1.29 is 4.79 Å². The van der Waals surface area contributed by atoms with Crippen molar-refractivity contribution in [2.75, 3.05) is 6.54 Å². The second-order valence-electron chi connectivity index (χ2n) is 5.65. The number of rotatable bonds is 4. The molecule has 1 amide bonds. The highest BCUT2D eigenvalue weighted by Gasteiger charge is 2.41. The molecule has 4 rings (SSSR count). The summed E-state index contributed by atoms with van der Waals surface area (Å²) in [6, 6.07) is 14.2. The third kappa shape index (κ3) is 2.19. The molecule has 0 radical (unpaired) electrons. The number of amides is 1. The van der Waals surface area contributed by atoms with Crippen LogP contribution in [0.1, 0.15) is 41.0 Å². The van der Waals surface area contributed by atoms with Crippen molar-refractivity contribution in [3.05, 3.63) is 64.7 Å². The maximum Gasteiger partial charge on any atom is 0.275 e. The van der Waals surface area contributed by atoms with Gasteiger partial charge in [0, 0.05) is 12.1 Å². The van der Waals surface area contributed by atoms with E-state index in [-0.39, 0.29) is 11.9 Å². The van der Waals surface area contributed by atoms with Gasteiger partial charge in [-0.25, -0.2) is 0 Å². The van der Waals surface area contributed by atoms with E-state index >= 15 is 0 Å². The van der Waals surface area contributed by atoms with Gasteiger partial charge in [-0.1, -0.05) is 43.3 Å². The topological polar surface area (TPSA) is 49.0 Å². The number of hydrogen-bond donors (Lipinski definition) is 1. The molecule has 0 saturated carbocycles. The maximum atomic E-state index is 12.8. The lowest BCUT2D eigenvalue weighted by atomic mass is 9.98. The van der Waals surface area contributed by atoms with Gasteiger partial charge in [-0.3, -0.25) is 9.89 Å². The summed E-state index contributed by atoms with van der Waals surface area (Å²) in [5.74, 6) is 0.0229. The van der Waals surface area contributed by atoms with Crippen LogP contribution in [0.5, 0.6) is 0 Å². The number of aromatic nitrogens is 2. The van der Waals surface area contributed by atoms with Gasteiger partial charge in [0.15, 0.2) is 5.69 Å². The molecule has 116 valence electrons. The van der Waals surface area contributed by atoms with Crippen LogP contribution in [0, 0.1) is 0 Å². The third-order valence-corrected chi connectivity index (χ3v) is 5.09. The summed E-state index contributed by atoms with van der Waals surface area (Å²) < 4.78 is 0. The quantitative estimate of drug-likeness (QED) is 0.786. The van der Waals surface area contributed by atoms with Crippen LogP contribution in [0.4, 0.5) is 0 Å². The largest absolute Gasteiger partial charge is 0.326 e. The number of fused-ring (bicyclic) bond motifs is 1. The fourth-order valence-electron chi connectivity index (χ4n) is 3.25. The predicted molar refractivity (Wildman–Crippen MR) is 91.5 cm³/mol. The Morgan fingerprint density at radius 3 is 2.74 bits per heavy atom. The van der Waals surface area contributed by atoms with Gasteiger partial charge in [0.05, 0.1) is 16.6 Å². The minimum atomic E-state index is -0.0606. The maximum absolute atomic E-state index is 12.8. The lowest BCUT2D eigenvalue weighted by Gasteiger charge is -2.25. The molecule has 1 aromatic carbocycles. The molecule has 2 aromatic heterocycles. The van der Waals surface area contributed by atoms with E-state index in [1.165, 1.54) is 0 Å². The van der Waals surface area contributed by atoms with Crippen molar-refractivity contribution in [3.63, 3.8) is 0 Å². The van der Waals surface area contributed by atoms with Gasteiger partial charge in [0.1, 0.15) is 0 Å². The van der Waals surface area contributed by atoms with Crippen LogP contribution in [-0.4, -0.2) is 27.5 Å². The highest BCUT2D eigenvalue weighted by Crippen LogP contribution is 2.43. The monoisotopic (exact) mass is 323 g/mol. The Labute approximate surface area is 138 Å². The van der Waals surface area contributed by atoms with Gasteiger partial charge in [0.2, 0.25) is 0 Å². The van der Waals surface area contributed by atoms with Crippen molar-refractivity contribution in [1.82, 2.24) is 15.1 Å². The number of carbonyl (C=O) groups is 1. The normalized spacial score (nSPS) is 16.8. The second-order valence-corrected chi connectivity index (χ2v) is 6.60. The van der Waals surface area contributed by atoms with E-state index in [9.17, 15) is 4.79 Å². The molecule has 0 fully saturated rings. The summed E-state index contributed by atoms with van der Waals surface area (Å²) >= 11 is 1.66. The van der Waals surface area contributed by atoms with Gasteiger partial charge in [-0.2, -0.15) is 5.10 Å². The summed E-state index contributed by atoms with van der Waals surface area (Å²) in [6.45, 7) is 2.83. The molecule has 23 heavy (non-hydrogen) atoms. The minimum absolute atomic E-state index is 0.0229. The van der Waals surface area contributed by atoms with Gasteiger partial charge in [-0.05, 0) is 23.4 Å². The van der Waals surface area contributed by atoms with Crippen molar-refractivity contribution in [2.45, 2.75) is 19.4 Å². The van der Waals surface area contributed by atoms with E-state index in [0.717, 1.165) is 34.7 Å². The number of nitrogens with one attached hydrogen (secondary N) is 1. The van der Waals surface area contributed by atoms with Gasteiger partial charge >= 0.3 is 0 Å². The first kappa shape index (κ1) is 14.2. The van der Waals surface area contributed by atoms with Gasteiger partial charge in [-0.15, -0.1) is 11.3 Å². The first-order valence-corrected chi connectivity index (χ1v) is 8.67.